The fourth-order valence-electron chi connectivity index (χ4n) is 2.12. The number of hydrogen-bond donors (Lipinski definition) is 1. The number of halogens is 2. The lowest BCUT2D eigenvalue weighted by molar-refractivity contribution is 0.299. The second kappa shape index (κ2) is 5.47. The predicted molar refractivity (Wildman–Crippen MR) is 72.3 cm³/mol. The Hall–Kier alpha value is -0.440. The minimum Gasteiger partial charge on any atom is -0.492 e. The van der Waals surface area contributed by atoms with Crippen LogP contribution in [-0.4, -0.2) is 13.2 Å². The summed E-state index contributed by atoms with van der Waals surface area (Å²) in [7, 11) is 0. The fraction of sp³-hybridized carbons (Fsp3) is 0.538. The van der Waals surface area contributed by atoms with Crippen LogP contribution < -0.4 is 10.1 Å². The number of benzene rings is 1. The highest BCUT2D eigenvalue weighted by Gasteiger charge is 2.23. The third-order valence-corrected chi connectivity index (χ3v) is 3.76. The van der Waals surface area contributed by atoms with E-state index in [1.54, 1.807) is 0 Å². The Morgan fingerprint density at radius 1 is 1.35 bits per heavy atom. The van der Waals surface area contributed by atoms with Crippen LogP contribution in [0.2, 0.25) is 5.02 Å². The maximum absolute atomic E-state index is 6.38. The molecule has 1 aromatic carbocycles. The second-order valence-electron chi connectivity index (χ2n) is 4.70. The Labute approximate surface area is 113 Å². The molecule has 0 saturated heterocycles. The van der Waals surface area contributed by atoms with Gasteiger partial charge in [0, 0.05) is 6.54 Å². The molecule has 0 radical (unpaired) electrons. The van der Waals surface area contributed by atoms with E-state index in [2.05, 4.69) is 11.4 Å². The van der Waals surface area contributed by atoms with Crippen molar-refractivity contribution in [2.75, 3.05) is 13.2 Å². The third-order valence-electron chi connectivity index (χ3n) is 3.34. The first-order valence-electron chi connectivity index (χ1n) is 5.98. The van der Waals surface area contributed by atoms with Crippen LogP contribution in [0.3, 0.4) is 0 Å². The summed E-state index contributed by atoms with van der Waals surface area (Å²) in [6.45, 7) is 2.77. The average Bonchev–Trinajstić information content (AvgIpc) is 3.13. The molecule has 1 heterocycles. The lowest BCUT2D eigenvalue weighted by Crippen LogP contribution is -2.23. The molecule has 2 nitrogen and oxygen atoms in total. The maximum Gasteiger partial charge on any atom is 0.138 e. The molecular weight excluding hydrogens is 257 g/mol. The quantitative estimate of drug-likeness (QED) is 0.914. The second-order valence-corrected chi connectivity index (χ2v) is 5.07. The van der Waals surface area contributed by atoms with Crippen molar-refractivity contribution < 1.29 is 4.74 Å². The smallest absolute Gasteiger partial charge is 0.138 e. The van der Waals surface area contributed by atoms with E-state index < -0.39 is 0 Å². The summed E-state index contributed by atoms with van der Waals surface area (Å²) >= 11 is 6.38. The molecule has 0 amide bonds. The Bertz CT molecular complexity index is 405. The van der Waals surface area contributed by atoms with Gasteiger partial charge in [0.05, 0.1) is 11.6 Å². The van der Waals surface area contributed by atoms with E-state index in [-0.39, 0.29) is 12.4 Å². The molecule has 2 aliphatic rings. The minimum absolute atomic E-state index is 0. The number of fused-ring (bicyclic) bond motifs is 1. The molecule has 4 heteroatoms. The van der Waals surface area contributed by atoms with E-state index >= 15 is 0 Å². The lowest BCUT2D eigenvalue weighted by Gasteiger charge is -2.20. The molecule has 0 atom stereocenters. The fourth-order valence-corrected chi connectivity index (χ4v) is 2.45. The molecule has 1 aliphatic carbocycles. The minimum atomic E-state index is 0. The van der Waals surface area contributed by atoms with Gasteiger partial charge in [0.15, 0.2) is 0 Å². The van der Waals surface area contributed by atoms with Crippen LogP contribution in [-0.2, 0) is 13.0 Å². The first-order valence-corrected chi connectivity index (χ1v) is 6.36. The van der Waals surface area contributed by atoms with Gasteiger partial charge in [0.1, 0.15) is 5.75 Å². The number of hydrogen-bond acceptors (Lipinski definition) is 2. The number of nitrogens with one attached hydrogen (secondary N) is 1. The van der Waals surface area contributed by atoms with Gasteiger partial charge in [0.2, 0.25) is 0 Å². The maximum atomic E-state index is 6.38. The van der Waals surface area contributed by atoms with Gasteiger partial charge in [-0.25, -0.2) is 0 Å². The Morgan fingerprint density at radius 2 is 2.18 bits per heavy atom. The molecule has 1 fully saturated rings. The topological polar surface area (TPSA) is 21.3 Å². The van der Waals surface area contributed by atoms with Crippen LogP contribution in [0, 0.1) is 5.92 Å². The van der Waals surface area contributed by atoms with Crippen LogP contribution >= 0.6 is 24.0 Å². The van der Waals surface area contributed by atoms with E-state index in [0.717, 1.165) is 42.8 Å². The monoisotopic (exact) mass is 273 g/mol. The molecule has 0 aromatic heterocycles. The van der Waals surface area contributed by atoms with Gasteiger partial charge in [-0.2, -0.15) is 0 Å². The Kier molecular flexibility index (Phi) is 4.18. The summed E-state index contributed by atoms with van der Waals surface area (Å²) in [5, 5.41) is 4.18. The molecule has 3 rings (SSSR count). The van der Waals surface area contributed by atoms with Crippen LogP contribution in [0.4, 0.5) is 0 Å². The molecule has 1 aliphatic heterocycles. The zero-order valence-electron chi connectivity index (χ0n) is 9.67. The van der Waals surface area contributed by atoms with E-state index in [1.165, 1.54) is 24.0 Å². The van der Waals surface area contributed by atoms with Crippen molar-refractivity contribution in [1.29, 1.82) is 0 Å². The molecular formula is C13H17Cl2NO. The molecule has 1 N–H and O–H groups in total. The van der Waals surface area contributed by atoms with Crippen molar-refractivity contribution in [3.05, 3.63) is 28.3 Å². The molecule has 17 heavy (non-hydrogen) atoms. The lowest BCUT2D eigenvalue weighted by atomic mass is 10.0. The predicted octanol–water partition coefficient (Wildman–Crippen LogP) is 3.20. The van der Waals surface area contributed by atoms with E-state index in [4.69, 9.17) is 16.3 Å². The van der Waals surface area contributed by atoms with E-state index in [1.807, 2.05) is 6.07 Å². The average molecular weight is 274 g/mol. The Balaban J connectivity index is 0.00000108. The zero-order chi connectivity index (χ0) is 11.0. The van der Waals surface area contributed by atoms with Gasteiger partial charge in [0.25, 0.3) is 0 Å². The molecule has 1 saturated carbocycles. The van der Waals surface area contributed by atoms with Crippen LogP contribution in [0.25, 0.3) is 0 Å². The summed E-state index contributed by atoms with van der Waals surface area (Å²) in [5.41, 5.74) is 2.59. The van der Waals surface area contributed by atoms with Gasteiger partial charge < -0.3 is 10.1 Å². The van der Waals surface area contributed by atoms with Crippen molar-refractivity contribution in [2.24, 2.45) is 5.92 Å². The van der Waals surface area contributed by atoms with Crippen molar-refractivity contribution >= 4 is 24.0 Å². The SMILES string of the molecule is Cl.Clc1c(OCC2CC2)ccc2c1CCNC2. The third kappa shape index (κ3) is 2.87. The van der Waals surface area contributed by atoms with Crippen LogP contribution in [0.5, 0.6) is 5.75 Å². The largest absolute Gasteiger partial charge is 0.492 e. The summed E-state index contributed by atoms with van der Waals surface area (Å²) in [6, 6.07) is 4.14. The first kappa shape index (κ1) is 13.0. The van der Waals surface area contributed by atoms with Gasteiger partial charge in [-0.1, -0.05) is 17.7 Å². The normalized spacial score (nSPS) is 18.2. The summed E-state index contributed by atoms with van der Waals surface area (Å²) in [5.74, 6) is 1.64. The molecule has 0 spiro atoms. The van der Waals surface area contributed by atoms with Gasteiger partial charge >= 0.3 is 0 Å². The molecule has 0 bridgehead atoms. The number of rotatable bonds is 3. The van der Waals surface area contributed by atoms with Crippen molar-refractivity contribution in [2.45, 2.75) is 25.8 Å². The van der Waals surface area contributed by atoms with Crippen molar-refractivity contribution in [1.82, 2.24) is 5.32 Å². The van der Waals surface area contributed by atoms with Crippen LogP contribution in [0.1, 0.15) is 24.0 Å². The summed E-state index contributed by atoms with van der Waals surface area (Å²) < 4.78 is 5.77. The highest BCUT2D eigenvalue weighted by Crippen LogP contribution is 2.35. The van der Waals surface area contributed by atoms with Gasteiger partial charge in [-0.15, -0.1) is 12.4 Å². The number of ether oxygens (including phenoxy) is 1. The highest BCUT2D eigenvalue weighted by atomic mass is 35.5. The van der Waals surface area contributed by atoms with E-state index in [0.29, 0.717) is 0 Å². The zero-order valence-corrected chi connectivity index (χ0v) is 11.2. The summed E-state index contributed by atoms with van der Waals surface area (Å²) in [6.07, 6.45) is 3.63. The first-order chi connectivity index (χ1) is 7.84. The highest BCUT2D eigenvalue weighted by molar-refractivity contribution is 6.33. The standard InChI is InChI=1S/C13H16ClNO.ClH/c14-13-11-5-6-15-7-10(11)3-4-12(13)16-8-9-1-2-9;/h3-4,9,15H,1-2,5-8H2;1H. The van der Waals surface area contributed by atoms with Crippen LogP contribution in [0.15, 0.2) is 12.1 Å². The van der Waals surface area contributed by atoms with Gasteiger partial charge in [-0.3, -0.25) is 0 Å². The summed E-state index contributed by atoms with van der Waals surface area (Å²) in [4.78, 5) is 0. The van der Waals surface area contributed by atoms with Crippen molar-refractivity contribution in [3.63, 3.8) is 0 Å². The molecule has 0 unspecified atom stereocenters. The van der Waals surface area contributed by atoms with Gasteiger partial charge in [-0.05, 0) is 48.9 Å². The Morgan fingerprint density at radius 3 is 2.94 bits per heavy atom. The van der Waals surface area contributed by atoms with E-state index in [9.17, 15) is 0 Å². The molecule has 94 valence electrons. The molecule has 1 aromatic rings. The van der Waals surface area contributed by atoms with Crippen molar-refractivity contribution in [3.8, 4) is 5.75 Å².